The molecule has 1 N–H and O–H groups in total. The Morgan fingerprint density at radius 1 is 1.27 bits per heavy atom. The molecule has 0 aliphatic heterocycles. The predicted octanol–water partition coefficient (Wildman–Crippen LogP) is 3.41. The normalized spacial score (nSPS) is 11.0. The summed E-state index contributed by atoms with van der Waals surface area (Å²) in [5, 5.41) is 14.6. The van der Waals surface area contributed by atoms with Crippen LogP contribution in [0.4, 0.5) is 5.69 Å². The predicted molar refractivity (Wildman–Crippen MR) is 100 cm³/mol. The zero-order chi connectivity index (χ0) is 18.9. The lowest BCUT2D eigenvalue weighted by Crippen LogP contribution is -2.24. The SMILES string of the molecule is Cc1ccc(OCC(=O)N/N=C\C=C\c2ccccc2[N+](=O)[O-])c(C)c1. The van der Waals surface area contributed by atoms with Gasteiger partial charge in [0.05, 0.1) is 10.5 Å². The van der Waals surface area contributed by atoms with Crippen LogP contribution in [0.1, 0.15) is 16.7 Å². The number of ether oxygens (including phenoxy) is 1. The molecule has 2 aromatic carbocycles. The van der Waals surface area contributed by atoms with E-state index in [9.17, 15) is 14.9 Å². The van der Waals surface area contributed by atoms with E-state index in [0.717, 1.165) is 11.1 Å². The first-order chi connectivity index (χ1) is 12.5. The van der Waals surface area contributed by atoms with E-state index in [0.29, 0.717) is 11.3 Å². The maximum atomic E-state index is 11.7. The number of nitro benzene ring substituents is 1. The number of hydrazone groups is 1. The summed E-state index contributed by atoms with van der Waals surface area (Å²) in [6.45, 7) is 3.73. The van der Waals surface area contributed by atoms with Crippen LogP contribution >= 0.6 is 0 Å². The molecule has 0 radical (unpaired) electrons. The van der Waals surface area contributed by atoms with Crippen molar-refractivity contribution in [3.05, 3.63) is 75.3 Å². The molecule has 1 amide bonds. The number of rotatable bonds is 7. The van der Waals surface area contributed by atoms with E-state index in [1.165, 1.54) is 18.4 Å². The minimum Gasteiger partial charge on any atom is -0.483 e. The molecule has 0 bridgehead atoms. The van der Waals surface area contributed by atoms with Crippen molar-refractivity contribution in [2.24, 2.45) is 5.10 Å². The Hall–Kier alpha value is -3.48. The zero-order valence-electron chi connectivity index (χ0n) is 14.5. The van der Waals surface area contributed by atoms with Gasteiger partial charge >= 0.3 is 0 Å². The maximum absolute atomic E-state index is 11.7. The standard InChI is InChI=1S/C19H19N3O4/c1-14-9-10-18(15(2)12-14)26-13-19(23)21-20-11-5-7-16-6-3-4-8-17(16)22(24)25/h3-12H,13H2,1-2H3,(H,21,23)/b7-5+,20-11-. The van der Waals surface area contributed by atoms with Crippen molar-refractivity contribution in [1.29, 1.82) is 0 Å². The Balaban J connectivity index is 1.83. The van der Waals surface area contributed by atoms with Crippen LogP contribution in [0.3, 0.4) is 0 Å². The lowest BCUT2D eigenvalue weighted by Gasteiger charge is -2.08. The second kappa shape index (κ2) is 9.12. The number of aryl methyl sites for hydroxylation is 2. The Kier molecular flexibility index (Phi) is 6.61. The molecule has 0 atom stereocenters. The molecular formula is C19H19N3O4. The number of carbonyl (C=O) groups excluding carboxylic acids is 1. The van der Waals surface area contributed by atoms with Crippen LogP contribution in [0.5, 0.6) is 5.75 Å². The highest BCUT2D eigenvalue weighted by Crippen LogP contribution is 2.19. The molecule has 0 spiro atoms. The lowest BCUT2D eigenvalue weighted by atomic mass is 10.1. The summed E-state index contributed by atoms with van der Waals surface area (Å²) in [6, 6.07) is 12.0. The first kappa shape index (κ1) is 18.9. The largest absolute Gasteiger partial charge is 0.483 e. The highest BCUT2D eigenvalue weighted by Gasteiger charge is 2.08. The van der Waals surface area contributed by atoms with E-state index in [1.54, 1.807) is 24.3 Å². The van der Waals surface area contributed by atoms with Crippen LogP contribution in [-0.4, -0.2) is 23.7 Å². The van der Waals surface area contributed by atoms with Crippen molar-refractivity contribution in [2.45, 2.75) is 13.8 Å². The van der Waals surface area contributed by atoms with Gasteiger partial charge in [0.2, 0.25) is 0 Å². The van der Waals surface area contributed by atoms with E-state index in [2.05, 4.69) is 10.5 Å². The summed E-state index contributed by atoms with van der Waals surface area (Å²) in [6.07, 6.45) is 4.39. The van der Waals surface area contributed by atoms with Gasteiger partial charge in [0.15, 0.2) is 6.61 Å². The van der Waals surface area contributed by atoms with Crippen molar-refractivity contribution in [3.63, 3.8) is 0 Å². The summed E-state index contributed by atoms with van der Waals surface area (Å²) in [5.74, 6) is 0.242. The van der Waals surface area contributed by atoms with Crippen molar-refractivity contribution in [1.82, 2.24) is 5.43 Å². The Morgan fingerprint density at radius 3 is 2.77 bits per heavy atom. The lowest BCUT2D eigenvalue weighted by molar-refractivity contribution is -0.385. The number of benzene rings is 2. The Morgan fingerprint density at radius 2 is 2.04 bits per heavy atom. The molecule has 0 saturated heterocycles. The third-order valence-electron chi connectivity index (χ3n) is 3.45. The first-order valence-electron chi connectivity index (χ1n) is 7.89. The maximum Gasteiger partial charge on any atom is 0.277 e. The van der Waals surface area contributed by atoms with Crippen LogP contribution in [0.15, 0.2) is 53.6 Å². The Bertz CT molecular complexity index is 860. The molecule has 7 nitrogen and oxygen atoms in total. The van der Waals surface area contributed by atoms with Crippen LogP contribution < -0.4 is 10.2 Å². The molecule has 0 aliphatic rings. The fourth-order valence-corrected chi connectivity index (χ4v) is 2.23. The third kappa shape index (κ3) is 5.55. The van der Waals surface area contributed by atoms with Crippen molar-refractivity contribution < 1.29 is 14.5 Å². The van der Waals surface area contributed by atoms with E-state index in [4.69, 9.17) is 4.74 Å². The van der Waals surface area contributed by atoms with E-state index >= 15 is 0 Å². The summed E-state index contributed by atoms with van der Waals surface area (Å²) < 4.78 is 5.44. The zero-order valence-corrected chi connectivity index (χ0v) is 14.5. The number of carbonyl (C=O) groups is 1. The van der Waals surface area contributed by atoms with Gasteiger partial charge in [-0.1, -0.05) is 29.8 Å². The average Bonchev–Trinajstić information content (AvgIpc) is 2.61. The van der Waals surface area contributed by atoms with E-state index in [-0.39, 0.29) is 12.3 Å². The fraction of sp³-hybridized carbons (Fsp3) is 0.158. The minimum atomic E-state index is -0.455. The van der Waals surface area contributed by atoms with Crippen LogP contribution in [-0.2, 0) is 4.79 Å². The smallest absolute Gasteiger partial charge is 0.277 e. The first-order valence-corrected chi connectivity index (χ1v) is 7.89. The van der Waals surface area contributed by atoms with Gasteiger partial charge in [-0.2, -0.15) is 5.10 Å². The molecule has 7 heteroatoms. The van der Waals surface area contributed by atoms with Crippen LogP contribution in [0.2, 0.25) is 0 Å². The topological polar surface area (TPSA) is 93.8 Å². The van der Waals surface area contributed by atoms with Gasteiger partial charge in [0.25, 0.3) is 11.6 Å². The second-order valence-corrected chi connectivity index (χ2v) is 5.55. The number of amides is 1. The van der Waals surface area contributed by atoms with Crippen LogP contribution in [0, 0.1) is 24.0 Å². The Labute approximate surface area is 151 Å². The van der Waals surface area contributed by atoms with Gasteiger partial charge in [-0.15, -0.1) is 0 Å². The molecule has 0 fully saturated rings. The number of allylic oxidation sites excluding steroid dienone is 1. The quantitative estimate of drug-likeness (QED) is 0.469. The van der Waals surface area contributed by atoms with Gasteiger partial charge < -0.3 is 4.74 Å². The van der Waals surface area contributed by atoms with Gasteiger partial charge in [-0.05, 0) is 43.7 Å². The number of para-hydroxylation sites is 1. The molecular weight excluding hydrogens is 334 g/mol. The van der Waals surface area contributed by atoms with Crippen LogP contribution in [0.25, 0.3) is 6.08 Å². The fourth-order valence-electron chi connectivity index (χ4n) is 2.23. The molecule has 0 saturated carbocycles. The number of nitrogens with zero attached hydrogens (tertiary/aromatic N) is 2. The summed E-state index contributed by atoms with van der Waals surface area (Å²) in [7, 11) is 0. The molecule has 26 heavy (non-hydrogen) atoms. The van der Waals surface area contributed by atoms with Crippen molar-refractivity contribution >= 4 is 23.9 Å². The molecule has 0 heterocycles. The van der Waals surface area contributed by atoms with E-state index < -0.39 is 10.8 Å². The van der Waals surface area contributed by atoms with Gasteiger partial charge in [0.1, 0.15) is 5.75 Å². The second-order valence-electron chi connectivity index (χ2n) is 5.55. The molecule has 0 unspecified atom stereocenters. The van der Waals surface area contributed by atoms with Crippen molar-refractivity contribution in [3.8, 4) is 5.75 Å². The van der Waals surface area contributed by atoms with Gasteiger partial charge in [0, 0.05) is 12.3 Å². The summed E-state index contributed by atoms with van der Waals surface area (Å²) in [4.78, 5) is 22.2. The van der Waals surface area contributed by atoms with Gasteiger partial charge in [-0.25, -0.2) is 5.43 Å². The molecule has 2 aromatic rings. The average molecular weight is 353 g/mol. The molecule has 2 rings (SSSR count). The summed E-state index contributed by atoms with van der Waals surface area (Å²) >= 11 is 0. The highest BCUT2D eigenvalue weighted by molar-refractivity contribution is 5.82. The number of nitro groups is 1. The number of hydrogen-bond donors (Lipinski definition) is 1. The molecule has 0 aromatic heterocycles. The number of hydrogen-bond acceptors (Lipinski definition) is 5. The molecule has 134 valence electrons. The van der Waals surface area contributed by atoms with Gasteiger partial charge in [-0.3, -0.25) is 14.9 Å². The highest BCUT2D eigenvalue weighted by atomic mass is 16.6. The summed E-state index contributed by atoms with van der Waals surface area (Å²) in [5.41, 5.74) is 4.86. The minimum absolute atomic E-state index is 0.00283. The third-order valence-corrected chi connectivity index (χ3v) is 3.45. The van der Waals surface area contributed by atoms with E-state index in [1.807, 2.05) is 32.0 Å². The monoisotopic (exact) mass is 353 g/mol. The number of nitrogens with one attached hydrogen (secondary N) is 1. The van der Waals surface area contributed by atoms with Crippen molar-refractivity contribution in [2.75, 3.05) is 6.61 Å². The molecule has 0 aliphatic carbocycles.